The van der Waals surface area contributed by atoms with Crippen LogP contribution < -0.4 is 5.32 Å². The van der Waals surface area contributed by atoms with E-state index in [0.717, 1.165) is 16.7 Å². The fourth-order valence-electron chi connectivity index (χ4n) is 4.52. The predicted octanol–water partition coefficient (Wildman–Crippen LogP) is 3.14. The van der Waals surface area contributed by atoms with Crippen molar-refractivity contribution < 1.29 is 9.53 Å². The van der Waals surface area contributed by atoms with E-state index in [-0.39, 0.29) is 12.6 Å². The number of benzene rings is 2. The molecular weight excluding hydrogens is 338 g/mol. The zero-order chi connectivity index (χ0) is 19.1. The molecule has 4 rings (SSSR count). The van der Waals surface area contributed by atoms with E-state index in [1.165, 1.54) is 0 Å². The average Bonchev–Trinajstić information content (AvgIpc) is 3.21. The number of carbonyl (C=O) groups excluding carboxylic acids is 1. The summed E-state index contributed by atoms with van der Waals surface area (Å²) < 4.78 is 5.31. The number of carbonyl (C=O) groups is 1. The molecule has 0 saturated carbocycles. The molecule has 5 nitrogen and oxygen atoms in total. The van der Waals surface area contributed by atoms with Crippen molar-refractivity contribution in [3.05, 3.63) is 71.3 Å². The van der Waals surface area contributed by atoms with Crippen LogP contribution in [0.15, 0.2) is 54.6 Å². The number of esters is 1. The Morgan fingerprint density at radius 2 is 1.70 bits per heavy atom. The lowest BCUT2D eigenvalue weighted by molar-refractivity contribution is -0.143. The van der Waals surface area contributed by atoms with Gasteiger partial charge in [-0.05, 0) is 18.1 Å². The monoisotopic (exact) mass is 357 g/mol. The highest BCUT2D eigenvalue weighted by molar-refractivity contribution is 5.86. The number of hydrogen-bond acceptors (Lipinski definition) is 5. The molecule has 1 N–H and O–H groups in total. The van der Waals surface area contributed by atoms with Gasteiger partial charge < -0.3 is 4.74 Å². The van der Waals surface area contributed by atoms with E-state index in [1.54, 1.807) is 0 Å². The Labute approximate surface area is 158 Å². The van der Waals surface area contributed by atoms with Gasteiger partial charge >= 0.3 is 5.97 Å². The van der Waals surface area contributed by atoms with Crippen molar-refractivity contribution >= 4 is 5.97 Å². The third kappa shape index (κ3) is 2.36. The quantitative estimate of drug-likeness (QED) is 0.835. The number of nitriles is 2. The fraction of sp³-hybridized carbons (Fsp3) is 0.318. The second-order valence-corrected chi connectivity index (χ2v) is 7.28. The van der Waals surface area contributed by atoms with Crippen LogP contribution in [0, 0.1) is 35.0 Å². The summed E-state index contributed by atoms with van der Waals surface area (Å²) in [6, 6.07) is 21.1. The summed E-state index contributed by atoms with van der Waals surface area (Å²) in [6.07, 6.45) is 0.429. The summed E-state index contributed by atoms with van der Waals surface area (Å²) >= 11 is 0. The first kappa shape index (κ1) is 17.3. The topological polar surface area (TPSA) is 85.9 Å². The van der Waals surface area contributed by atoms with Gasteiger partial charge in [-0.3, -0.25) is 10.1 Å². The highest BCUT2D eigenvalue weighted by Crippen LogP contribution is 2.59. The summed E-state index contributed by atoms with van der Waals surface area (Å²) in [5, 5.41) is 23.8. The maximum absolute atomic E-state index is 12.8. The SMILES string of the molecule is Cc1ccc([C@H]2N[C@]3(CCOC3=O)C(c3ccccc3)C2(C#N)C#N)cc1. The molecule has 1 spiro atoms. The van der Waals surface area contributed by atoms with E-state index in [2.05, 4.69) is 17.5 Å². The number of aryl methyl sites for hydroxylation is 1. The van der Waals surface area contributed by atoms with E-state index in [0.29, 0.717) is 6.42 Å². The van der Waals surface area contributed by atoms with Crippen LogP contribution in [0.3, 0.4) is 0 Å². The summed E-state index contributed by atoms with van der Waals surface area (Å²) in [5.41, 5.74) is 0.191. The fourth-order valence-corrected chi connectivity index (χ4v) is 4.52. The van der Waals surface area contributed by atoms with E-state index in [9.17, 15) is 15.3 Å². The molecule has 134 valence electrons. The highest BCUT2D eigenvalue weighted by Gasteiger charge is 2.69. The Kier molecular flexibility index (Phi) is 3.98. The van der Waals surface area contributed by atoms with Gasteiger partial charge in [0.1, 0.15) is 5.54 Å². The van der Waals surface area contributed by atoms with Crippen molar-refractivity contribution in [2.24, 2.45) is 5.41 Å². The molecule has 2 aliphatic heterocycles. The van der Waals surface area contributed by atoms with Gasteiger partial charge in [-0.25, -0.2) is 0 Å². The van der Waals surface area contributed by atoms with Gasteiger partial charge in [0, 0.05) is 12.3 Å². The van der Waals surface area contributed by atoms with Crippen molar-refractivity contribution in [3.63, 3.8) is 0 Å². The minimum Gasteiger partial charge on any atom is -0.464 e. The normalized spacial score (nSPS) is 28.5. The maximum atomic E-state index is 12.8. The van der Waals surface area contributed by atoms with Gasteiger partial charge in [-0.2, -0.15) is 10.5 Å². The minimum absolute atomic E-state index is 0.280. The summed E-state index contributed by atoms with van der Waals surface area (Å²) in [4.78, 5) is 12.8. The molecule has 2 aromatic carbocycles. The molecule has 0 aliphatic carbocycles. The van der Waals surface area contributed by atoms with Gasteiger partial charge in [0.25, 0.3) is 0 Å². The van der Waals surface area contributed by atoms with E-state index < -0.39 is 22.9 Å². The minimum atomic E-state index is -1.43. The Morgan fingerprint density at radius 3 is 2.26 bits per heavy atom. The average molecular weight is 357 g/mol. The molecule has 3 atom stereocenters. The standard InChI is InChI=1S/C22H19N3O2/c1-15-7-9-17(10-8-15)19-21(13-23,14-24)18(16-5-3-2-4-6-16)22(25-19)11-12-27-20(22)26/h2-10,18-19,25H,11-12H2,1H3/t18?,19-,22-/m1/s1. The second kappa shape index (κ2) is 6.23. The van der Waals surface area contributed by atoms with Crippen LogP contribution in [0.5, 0.6) is 0 Å². The van der Waals surface area contributed by atoms with Crippen LogP contribution in [0.4, 0.5) is 0 Å². The molecule has 0 amide bonds. The Bertz CT molecular complexity index is 942. The summed E-state index contributed by atoms with van der Waals surface area (Å²) in [6.45, 7) is 2.26. The van der Waals surface area contributed by atoms with Crippen molar-refractivity contribution in [1.82, 2.24) is 5.32 Å². The highest BCUT2D eigenvalue weighted by atomic mass is 16.5. The van der Waals surface area contributed by atoms with Crippen LogP contribution >= 0.6 is 0 Å². The molecule has 27 heavy (non-hydrogen) atoms. The van der Waals surface area contributed by atoms with Gasteiger partial charge in [0.05, 0.1) is 24.8 Å². The van der Waals surface area contributed by atoms with Gasteiger partial charge in [0.2, 0.25) is 0 Å². The number of rotatable bonds is 2. The first-order valence-corrected chi connectivity index (χ1v) is 8.96. The Hall–Kier alpha value is -3.15. The Morgan fingerprint density at radius 1 is 1.04 bits per heavy atom. The Balaban J connectivity index is 1.95. The van der Waals surface area contributed by atoms with Crippen LogP contribution in [0.2, 0.25) is 0 Å². The van der Waals surface area contributed by atoms with Crippen molar-refractivity contribution in [1.29, 1.82) is 10.5 Å². The summed E-state index contributed by atoms with van der Waals surface area (Å²) in [5.74, 6) is -1.01. The molecule has 2 saturated heterocycles. The third-order valence-electron chi connectivity index (χ3n) is 5.81. The molecular formula is C22H19N3O2. The van der Waals surface area contributed by atoms with Crippen LogP contribution in [0.1, 0.15) is 35.1 Å². The van der Waals surface area contributed by atoms with Crippen molar-refractivity contribution in [2.45, 2.75) is 30.8 Å². The first-order valence-electron chi connectivity index (χ1n) is 8.96. The second-order valence-electron chi connectivity index (χ2n) is 7.28. The maximum Gasteiger partial charge on any atom is 0.327 e. The van der Waals surface area contributed by atoms with Gasteiger partial charge in [-0.15, -0.1) is 0 Å². The molecule has 2 aromatic rings. The van der Waals surface area contributed by atoms with Gasteiger partial charge in [0.15, 0.2) is 5.41 Å². The van der Waals surface area contributed by atoms with Crippen LogP contribution in [0.25, 0.3) is 0 Å². The number of ether oxygens (including phenoxy) is 1. The number of hydrogen-bond donors (Lipinski definition) is 1. The van der Waals surface area contributed by atoms with E-state index in [4.69, 9.17) is 4.74 Å². The molecule has 2 fully saturated rings. The third-order valence-corrected chi connectivity index (χ3v) is 5.81. The zero-order valence-corrected chi connectivity index (χ0v) is 15.0. The lowest BCUT2D eigenvalue weighted by Gasteiger charge is -2.31. The smallest absolute Gasteiger partial charge is 0.327 e. The molecule has 5 heteroatoms. The number of nitrogens with zero attached hydrogens (tertiary/aromatic N) is 2. The van der Waals surface area contributed by atoms with Crippen LogP contribution in [-0.2, 0) is 9.53 Å². The molecule has 1 unspecified atom stereocenters. The predicted molar refractivity (Wildman–Crippen MR) is 98.2 cm³/mol. The lowest BCUT2D eigenvalue weighted by atomic mass is 9.64. The number of nitrogens with one attached hydrogen (secondary N) is 1. The van der Waals surface area contributed by atoms with Crippen molar-refractivity contribution in [3.8, 4) is 12.1 Å². The summed E-state index contributed by atoms with van der Waals surface area (Å²) in [7, 11) is 0. The van der Waals surface area contributed by atoms with E-state index >= 15 is 0 Å². The first-order chi connectivity index (χ1) is 13.1. The van der Waals surface area contributed by atoms with Crippen LogP contribution in [-0.4, -0.2) is 18.1 Å². The largest absolute Gasteiger partial charge is 0.464 e. The number of cyclic esters (lactones) is 1. The lowest BCUT2D eigenvalue weighted by Crippen LogP contribution is -2.49. The molecule has 2 aliphatic rings. The van der Waals surface area contributed by atoms with Crippen molar-refractivity contribution in [2.75, 3.05) is 6.61 Å². The molecule has 0 radical (unpaired) electrons. The zero-order valence-electron chi connectivity index (χ0n) is 15.0. The van der Waals surface area contributed by atoms with E-state index in [1.807, 2.05) is 61.5 Å². The van der Waals surface area contributed by atoms with Gasteiger partial charge in [-0.1, -0.05) is 60.2 Å². The molecule has 0 bridgehead atoms. The molecule has 0 aromatic heterocycles. The molecule has 2 heterocycles.